The average molecular weight is 286 g/mol. The molecule has 0 aliphatic heterocycles. The van der Waals surface area contributed by atoms with Crippen molar-refractivity contribution in [3.63, 3.8) is 0 Å². The monoisotopic (exact) mass is 284 g/mol. The molecule has 1 aliphatic rings. The lowest BCUT2D eigenvalue weighted by molar-refractivity contribution is 0.299. The van der Waals surface area contributed by atoms with Crippen LogP contribution < -0.4 is 4.74 Å². The summed E-state index contributed by atoms with van der Waals surface area (Å²) in [5, 5.41) is 1.08. The van der Waals surface area contributed by atoms with Gasteiger partial charge in [0.05, 0.1) is 11.6 Å². The molecule has 0 unspecified atom stereocenters. The van der Waals surface area contributed by atoms with E-state index in [2.05, 4.69) is 0 Å². The quantitative estimate of drug-likeness (QED) is 0.740. The highest BCUT2D eigenvalue weighted by atomic mass is 35.5. The summed E-state index contributed by atoms with van der Waals surface area (Å²) in [5.41, 5.74) is 0. The number of hydrogen-bond donors (Lipinski definition) is 0. The maximum absolute atomic E-state index is 5.93. The first kappa shape index (κ1) is 11.7. The Labute approximate surface area is 108 Å². The lowest BCUT2D eigenvalue weighted by Gasteiger charge is -2.07. The zero-order chi connectivity index (χ0) is 11.1. The number of ether oxygens (including phenoxy) is 1. The van der Waals surface area contributed by atoms with Crippen LogP contribution in [0.2, 0.25) is 10.0 Å². The summed E-state index contributed by atoms with van der Waals surface area (Å²) in [6, 6.07) is 5.10. The van der Waals surface area contributed by atoms with Gasteiger partial charge in [0, 0.05) is 10.9 Å². The second-order valence-electron chi connectivity index (χ2n) is 3.55. The SMILES string of the molecule is Clc1ccc(OC[C@H]2CC2(Cl)Cl)c(Cl)c1. The minimum atomic E-state index is -0.612. The van der Waals surface area contributed by atoms with Gasteiger partial charge >= 0.3 is 0 Å². The van der Waals surface area contributed by atoms with E-state index in [9.17, 15) is 0 Å². The first-order valence-electron chi connectivity index (χ1n) is 4.45. The molecule has 0 bridgehead atoms. The first-order valence-corrected chi connectivity index (χ1v) is 5.96. The fourth-order valence-corrected chi connectivity index (χ4v) is 2.19. The van der Waals surface area contributed by atoms with E-state index in [1.165, 1.54) is 0 Å². The van der Waals surface area contributed by atoms with Crippen molar-refractivity contribution in [2.45, 2.75) is 10.8 Å². The van der Waals surface area contributed by atoms with Crippen LogP contribution in [0.4, 0.5) is 0 Å². The van der Waals surface area contributed by atoms with Crippen molar-refractivity contribution in [2.24, 2.45) is 5.92 Å². The van der Waals surface area contributed by atoms with Crippen LogP contribution in [0.1, 0.15) is 6.42 Å². The normalized spacial score (nSPS) is 22.5. The van der Waals surface area contributed by atoms with Crippen LogP contribution in [0.3, 0.4) is 0 Å². The molecule has 1 saturated carbocycles. The van der Waals surface area contributed by atoms with E-state index in [0.717, 1.165) is 6.42 Å². The van der Waals surface area contributed by atoms with E-state index in [-0.39, 0.29) is 5.92 Å². The summed E-state index contributed by atoms with van der Waals surface area (Å²) in [7, 11) is 0. The van der Waals surface area contributed by atoms with Crippen molar-refractivity contribution in [1.29, 1.82) is 0 Å². The van der Waals surface area contributed by atoms with E-state index >= 15 is 0 Å². The topological polar surface area (TPSA) is 9.23 Å². The molecule has 82 valence electrons. The van der Waals surface area contributed by atoms with Gasteiger partial charge in [0.15, 0.2) is 0 Å². The van der Waals surface area contributed by atoms with Gasteiger partial charge in [-0.1, -0.05) is 23.2 Å². The van der Waals surface area contributed by atoms with Gasteiger partial charge in [0.1, 0.15) is 10.1 Å². The smallest absolute Gasteiger partial charge is 0.137 e. The van der Waals surface area contributed by atoms with Gasteiger partial charge in [-0.25, -0.2) is 0 Å². The molecule has 2 rings (SSSR count). The molecular formula is C10H8Cl4O. The predicted octanol–water partition coefficient (Wildman–Crippen LogP) is 4.57. The van der Waals surface area contributed by atoms with Gasteiger partial charge in [0.25, 0.3) is 0 Å². The maximum atomic E-state index is 5.93. The van der Waals surface area contributed by atoms with E-state index in [1.807, 2.05) is 0 Å². The summed E-state index contributed by atoms with van der Waals surface area (Å²) < 4.78 is 4.88. The molecule has 1 aromatic rings. The van der Waals surface area contributed by atoms with Crippen molar-refractivity contribution in [3.8, 4) is 5.75 Å². The lowest BCUT2D eigenvalue weighted by Crippen LogP contribution is -2.04. The Kier molecular flexibility index (Phi) is 3.27. The summed E-state index contributed by atoms with van der Waals surface area (Å²) in [4.78, 5) is 0. The Hall–Kier alpha value is 0.180. The van der Waals surface area contributed by atoms with E-state index in [0.29, 0.717) is 22.4 Å². The van der Waals surface area contributed by atoms with Gasteiger partial charge in [-0.3, -0.25) is 0 Å². The van der Waals surface area contributed by atoms with E-state index in [1.54, 1.807) is 18.2 Å². The molecule has 0 amide bonds. The highest BCUT2D eigenvalue weighted by Crippen LogP contribution is 2.53. The molecule has 15 heavy (non-hydrogen) atoms. The van der Waals surface area contributed by atoms with E-state index < -0.39 is 4.33 Å². The molecule has 1 aliphatic carbocycles. The number of alkyl halides is 2. The predicted molar refractivity (Wildman–Crippen MR) is 64.5 cm³/mol. The largest absolute Gasteiger partial charge is 0.492 e. The third-order valence-electron chi connectivity index (χ3n) is 2.29. The van der Waals surface area contributed by atoms with Crippen molar-refractivity contribution < 1.29 is 4.74 Å². The third-order valence-corrected chi connectivity index (χ3v) is 3.75. The Morgan fingerprint density at radius 3 is 2.53 bits per heavy atom. The Morgan fingerprint density at radius 1 is 1.33 bits per heavy atom. The van der Waals surface area contributed by atoms with Crippen LogP contribution in [0.5, 0.6) is 5.75 Å². The number of halogens is 4. The van der Waals surface area contributed by atoms with E-state index in [4.69, 9.17) is 51.1 Å². The van der Waals surface area contributed by atoms with Crippen LogP contribution in [-0.2, 0) is 0 Å². The van der Waals surface area contributed by atoms with Gasteiger partial charge in [0.2, 0.25) is 0 Å². The molecule has 1 nitrogen and oxygen atoms in total. The maximum Gasteiger partial charge on any atom is 0.137 e. The fourth-order valence-electron chi connectivity index (χ4n) is 1.23. The molecule has 0 heterocycles. The summed E-state index contributed by atoms with van der Waals surface area (Å²) >= 11 is 23.4. The Bertz CT molecular complexity index is 378. The molecule has 1 fully saturated rings. The molecule has 0 N–H and O–H groups in total. The van der Waals surface area contributed by atoms with Gasteiger partial charge in [-0.2, -0.15) is 0 Å². The molecule has 0 spiro atoms. The van der Waals surface area contributed by atoms with Crippen molar-refractivity contribution in [1.82, 2.24) is 0 Å². The Morgan fingerprint density at radius 2 is 2.00 bits per heavy atom. The number of benzene rings is 1. The van der Waals surface area contributed by atoms with Crippen molar-refractivity contribution >= 4 is 46.4 Å². The van der Waals surface area contributed by atoms with Crippen LogP contribution in [0.25, 0.3) is 0 Å². The number of rotatable bonds is 3. The van der Waals surface area contributed by atoms with Crippen LogP contribution in [0, 0.1) is 5.92 Å². The zero-order valence-corrected chi connectivity index (χ0v) is 10.7. The van der Waals surface area contributed by atoms with Gasteiger partial charge < -0.3 is 4.74 Å². The average Bonchev–Trinajstić information content (AvgIpc) is 2.73. The molecule has 1 aromatic carbocycles. The fraction of sp³-hybridized carbons (Fsp3) is 0.400. The highest BCUT2D eigenvalue weighted by molar-refractivity contribution is 6.50. The second-order valence-corrected chi connectivity index (χ2v) is 5.93. The van der Waals surface area contributed by atoms with Crippen LogP contribution >= 0.6 is 46.4 Å². The summed E-state index contributed by atoms with van der Waals surface area (Å²) in [5.74, 6) is 0.796. The van der Waals surface area contributed by atoms with Crippen LogP contribution in [-0.4, -0.2) is 10.9 Å². The van der Waals surface area contributed by atoms with Crippen molar-refractivity contribution in [3.05, 3.63) is 28.2 Å². The van der Waals surface area contributed by atoms with Crippen molar-refractivity contribution in [2.75, 3.05) is 6.61 Å². The van der Waals surface area contributed by atoms with Crippen LogP contribution in [0.15, 0.2) is 18.2 Å². The summed E-state index contributed by atoms with van der Waals surface area (Å²) in [6.07, 6.45) is 0.765. The molecule has 0 saturated heterocycles. The minimum Gasteiger partial charge on any atom is -0.492 e. The minimum absolute atomic E-state index is 0.188. The first-order chi connectivity index (χ1) is 6.99. The number of hydrogen-bond acceptors (Lipinski definition) is 1. The second kappa shape index (κ2) is 4.21. The Balaban J connectivity index is 1.94. The van der Waals surface area contributed by atoms with Gasteiger partial charge in [-0.05, 0) is 24.6 Å². The standard InChI is InChI=1S/C10H8Cl4O/c11-7-1-2-9(8(12)3-7)15-5-6-4-10(6,13)14/h1-3,6H,4-5H2/t6-/m1/s1. The molecule has 1 atom stereocenters. The third kappa shape index (κ3) is 2.85. The molecule has 5 heteroatoms. The van der Waals surface area contributed by atoms with Gasteiger partial charge in [-0.15, -0.1) is 23.2 Å². The zero-order valence-electron chi connectivity index (χ0n) is 7.64. The summed E-state index contributed by atoms with van der Waals surface area (Å²) in [6.45, 7) is 0.481. The highest BCUT2D eigenvalue weighted by Gasteiger charge is 2.52. The lowest BCUT2D eigenvalue weighted by atomic mass is 10.3. The molecule has 0 radical (unpaired) electrons. The molecular weight excluding hydrogens is 278 g/mol. The molecule has 0 aromatic heterocycles.